The van der Waals surface area contributed by atoms with Crippen molar-refractivity contribution in [2.24, 2.45) is 0 Å². The number of aryl methyl sites for hydroxylation is 2. The number of methoxy groups -OCH3 is 2. The molecule has 0 aliphatic carbocycles. The summed E-state index contributed by atoms with van der Waals surface area (Å²) in [7, 11) is 2.72. The molecule has 16 nitrogen and oxygen atoms in total. The molecular formula is C98H62Cl2F14Ir2N8O8-6. The molecule has 16 rings (SSSR count). The second-order valence-corrected chi connectivity index (χ2v) is 27.1. The van der Waals surface area contributed by atoms with Crippen molar-refractivity contribution in [1.29, 1.82) is 0 Å². The first-order chi connectivity index (χ1) is 61.2. The van der Waals surface area contributed by atoms with E-state index < -0.39 is 82.0 Å². The summed E-state index contributed by atoms with van der Waals surface area (Å²) < 4.78 is 187. The second kappa shape index (κ2) is 48.4. The number of pyridine rings is 8. The number of benzene rings is 8. The smallest absolute Gasteiger partial charge is 0.417 e. The number of carboxylic acid groups (broad SMARTS) is 2. The molecule has 0 spiro atoms. The molecule has 0 atom stereocenters. The third-order valence-electron chi connectivity index (χ3n) is 18.2. The number of hydrogen-bond donors (Lipinski definition) is 2. The van der Waals surface area contributed by atoms with Gasteiger partial charge in [-0.2, -0.15) is 26.3 Å². The molecule has 8 heterocycles. The van der Waals surface area contributed by atoms with Crippen molar-refractivity contribution in [1.82, 2.24) is 39.9 Å². The number of nitrogens with zero attached hydrogens (tertiary/aromatic N) is 8. The summed E-state index contributed by atoms with van der Waals surface area (Å²) >= 11 is 0. The van der Waals surface area contributed by atoms with E-state index >= 15 is 0 Å². The number of carbonyl (C=O) groups is 4. The van der Waals surface area contributed by atoms with Crippen molar-refractivity contribution in [3.05, 3.63) is 408 Å². The summed E-state index contributed by atoms with van der Waals surface area (Å²) in [6.45, 7) is 3.78. The Labute approximate surface area is 784 Å². The van der Waals surface area contributed by atoms with E-state index in [0.717, 1.165) is 128 Å². The molecule has 8 aromatic heterocycles. The molecule has 34 heteroatoms. The molecule has 2 radical (unpaired) electrons. The van der Waals surface area contributed by atoms with Crippen LogP contribution in [0.3, 0.4) is 0 Å². The average molecular weight is 2200 g/mol. The van der Waals surface area contributed by atoms with E-state index in [0.29, 0.717) is 58.4 Å². The van der Waals surface area contributed by atoms with Crippen LogP contribution in [0.2, 0.25) is 0 Å². The van der Waals surface area contributed by atoms with E-state index in [4.69, 9.17) is 19.7 Å². The van der Waals surface area contributed by atoms with Gasteiger partial charge in [0.2, 0.25) is 0 Å². The molecule has 0 aliphatic heterocycles. The van der Waals surface area contributed by atoms with Gasteiger partial charge in [-0.25, -0.2) is 19.2 Å². The van der Waals surface area contributed by atoms with Crippen LogP contribution in [0.25, 0.3) is 112 Å². The summed E-state index contributed by atoms with van der Waals surface area (Å²) in [5.74, 6) is -8.69. The fraction of sp³-hybridized carbons (Fsp3) is 0.0612. The Bertz CT molecular complexity index is 6150. The van der Waals surface area contributed by atoms with Crippen molar-refractivity contribution in [3.8, 4) is 112 Å². The summed E-state index contributed by atoms with van der Waals surface area (Å²) in [5, 5.41) is 18.0. The zero-order valence-corrected chi connectivity index (χ0v) is 74.7. The Morgan fingerprint density at radius 2 is 0.485 bits per heavy atom. The van der Waals surface area contributed by atoms with E-state index in [2.05, 4.69) is 64.1 Å². The van der Waals surface area contributed by atoms with Gasteiger partial charge in [0, 0.05) is 159 Å². The Hall–Kier alpha value is -14.3. The van der Waals surface area contributed by atoms with E-state index in [1.807, 2.05) is 98.8 Å². The number of rotatable bonds is 14. The molecule has 0 amide bonds. The zero-order valence-electron chi connectivity index (χ0n) is 68.3. The van der Waals surface area contributed by atoms with Crippen molar-refractivity contribution < 1.29 is 165 Å². The normalized spacial score (nSPS) is 10.4. The quantitative estimate of drug-likeness (QED) is 0.0585. The summed E-state index contributed by atoms with van der Waals surface area (Å²) in [6.07, 6.45) is 2.45. The summed E-state index contributed by atoms with van der Waals surface area (Å²) in [4.78, 5) is 78.2. The van der Waals surface area contributed by atoms with Crippen LogP contribution in [0.4, 0.5) is 61.5 Å². The second-order valence-electron chi connectivity index (χ2n) is 27.1. The number of halogens is 16. The molecule has 132 heavy (non-hydrogen) atoms. The van der Waals surface area contributed by atoms with Crippen LogP contribution >= 0.6 is 0 Å². The van der Waals surface area contributed by atoms with E-state index in [-0.39, 0.29) is 122 Å². The first kappa shape index (κ1) is 105. The fourth-order valence-electron chi connectivity index (χ4n) is 11.5. The van der Waals surface area contributed by atoms with Gasteiger partial charge < -0.3 is 64.4 Å². The van der Waals surface area contributed by atoms with Gasteiger partial charge >= 0.3 is 36.2 Å². The maximum Gasteiger partial charge on any atom is 0.417 e. The monoisotopic (exact) mass is 2200 g/mol. The van der Waals surface area contributed by atoms with Crippen LogP contribution in [0.1, 0.15) is 63.7 Å². The number of aromatic nitrogens is 8. The average Bonchev–Trinajstić information content (AvgIpc) is 0.792. The van der Waals surface area contributed by atoms with Crippen LogP contribution in [0, 0.1) is 84.7 Å². The van der Waals surface area contributed by atoms with E-state index in [1.165, 1.54) is 14.2 Å². The zero-order chi connectivity index (χ0) is 91.9. The minimum atomic E-state index is -4.50. The first-order valence-electron chi connectivity index (χ1n) is 37.5. The van der Waals surface area contributed by atoms with Crippen LogP contribution in [0.15, 0.2) is 292 Å². The maximum absolute atomic E-state index is 13.3. The molecule has 0 fully saturated rings. The predicted molar refractivity (Wildman–Crippen MR) is 446 cm³/mol. The molecule has 0 unspecified atom stereocenters. The molecule has 16 aromatic rings. The van der Waals surface area contributed by atoms with Crippen LogP contribution in [-0.4, -0.2) is 88.2 Å². The standard InChI is InChI=1S/C26H20N2O4.C24H16N2O4.2C12H5F5N.2C12H8F2N.2ClH.2Ir/c1-31-25(29)19-7-3-17(4-8-19)21-11-13-23(27-15-21)24-14-12-22(16-28-24)18-5-9-20(10-6-18)26(30)32-2;27-23(28)17-5-1-15(2-6-17)19-9-11-21(25-13-19)22-12-10-20(14-26-22)16-3-7-18(8-4-16)24(29)30;2*13-8-2-3-9(10(14)5-8)11-4-1-7(6-18-11)12(15,16)17;2*1-8-2-5-12(15-7-8)10-4-3-9(13)6-11(10)14;;;;/h3-16H,1-2H3;1-14H,(H,27,28)(H,29,30);2*1-2,4-6H;2*2-3,5-7H,1H3;2*1H;;/q;;4*-1;;;;/p-2. The third kappa shape index (κ3) is 28.9. The molecule has 2 N–H and O–H groups in total. The number of aromatic carboxylic acids is 2. The van der Waals surface area contributed by atoms with Gasteiger partial charge in [-0.1, -0.05) is 168 Å². The van der Waals surface area contributed by atoms with Crippen molar-refractivity contribution >= 4 is 23.9 Å². The molecule has 8 aromatic carbocycles. The van der Waals surface area contributed by atoms with Crippen molar-refractivity contribution in [2.75, 3.05) is 14.2 Å². The molecular weight excluding hydrogens is 2140 g/mol. The Morgan fingerprint density at radius 3 is 0.659 bits per heavy atom. The molecule has 0 saturated heterocycles. The predicted octanol–water partition coefficient (Wildman–Crippen LogP) is 17.9. The van der Waals surface area contributed by atoms with Crippen LogP contribution in [-0.2, 0) is 62.0 Å². The molecule has 0 bridgehead atoms. The molecule has 678 valence electrons. The van der Waals surface area contributed by atoms with Crippen LogP contribution < -0.4 is 24.8 Å². The number of ether oxygens (including phenoxy) is 2. The SMILES string of the molecule is COC(=O)c1ccc(-c2ccc(-c3ccc(-c4ccc(C(=O)OC)cc4)cn3)nc2)cc1.Cc1ccc(-c2[c-]cc(F)cc2F)nc1.Cc1ccc(-c2[c-]cc(F)cc2F)nc1.Fc1c[c-]c(-c2ccc(C(F)(F)F)cn2)c(F)c1.Fc1c[c-]c(-c2ccc(C(F)(F)F)cn2)c(F)c1.O=C(O)c1ccc(-c2ccc(-c3ccc(-c4ccc(C(=O)O)cc4)cn3)nc2)cc1.[Cl-].[Cl-].[Ir].[Ir]. The van der Waals surface area contributed by atoms with Gasteiger partial charge in [0.1, 0.15) is 0 Å². The minimum Gasteiger partial charge on any atom is -1.00 e. The number of esters is 2. The maximum atomic E-state index is 13.3. The summed E-state index contributed by atoms with van der Waals surface area (Å²) in [5.41, 5.74) is 12.7. The van der Waals surface area contributed by atoms with Gasteiger partial charge in [-0.05, 0) is 143 Å². The van der Waals surface area contributed by atoms with Gasteiger partial charge in [-0.15, -0.1) is 48.5 Å². The van der Waals surface area contributed by atoms with Gasteiger partial charge in [0.05, 0.1) is 70.4 Å². The first-order valence-corrected chi connectivity index (χ1v) is 37.5. The Kier molecular flexibility index (Phi) is 38.4. The van der Waals surface area contributed by atoms with Crippen molar-refractivity contribution in [2.45, 2.75) is 26.2 Å². The minimum absolute atomic E-state index is 0. The van der Waals surface area contributed by atoms with Crippen molar-refractivity contribution in [3.63, 3.8) is 0 Å². The third-order valence-corrected chi connectivity index (χ3v) is 18.2. The Morgan fingerprint density at radius 1 is 0.280 bits per heavy atom. The Balaban J connectivity index is 0.000000221. The number of alkyl halides is 6. The van der Waals surface area contributed by atoms with Gasteiger partial charge in [0.15, 0.2) is 0 Å². The molecule has 0 saturated carbocycles. The van der Waals surface area contributed by atoms with E-state index in [1.54, 1.807) is 122 Å². The van der Waals surface area contributed by atoms with Gasteiger partial charge in [0.25, 0.3) is 0 Å². The molecule has 0 aliphatic rings. The van der Waals surface area contributed by atoms with E-state index in [9.17, 15) is 80.6 Å². The van der Waals surface area contributed by atoms with Crippen LogP contribution in [0.5, 0.6) is 0 Å². The topological polar surface area (TPSA) is 230 Å². The number of hydrogen-bond acceptors (Lipinski definition) is 14. The number of carbonyl (C=O) groups excluding carboxylic acids is 2. The fourth-order valence-corrected chi connectivity index (χ4v) is 11.5. The largest absolute Gasteiger partial charge is 1.00 e. The van der Waals surface area contributed by atoms with Gasteiger partial charge in [-0.3, -0.25) is 55.1 Å². The summed E-state index contributed by atoms with van der Waals surface area (Å²) in [6, 6.07) is 70.0. The number of carboxylic acids is 2.